The van der Waals surface area contributed by atoms with Gasteiger partial charge in [-0.3, -0.25) is 0 Å². The molecule has 0 aromatic rings. The molecule has 3 aliphatic rings. The van der Waals surface area contributed by atoms with Gasteiger partial charge < -0.3 is 4.81 Å². The van der Waals surface area contributed by atoms with Crippen molar-refractivity contribution in [3.63, 3.8) is 0 Å². The number of rotatable bonds is 2. The van der Waals surface area contributed by atoms with Crippen molar-refractivity contribution in [3.05, 3.63) is 12.4 Å². The lowest BCUT2D eigenvalue weighted by Crippen LogP contribution is -2.51. The zero-order valence-electron chi connectivity index (χ0n) is 12.2. The Kier molecular flexibility index (Phi) is 3.51. The molecule has 2 bridgehead atoms. The van der Waals surface area contributed by atoms with E-state index in [9.17, 15) is 0 Å². The Labute approximate surface area is 117 Å². The maximum absolute atomic E-state index is 4.67. The number of amidine groups is 2. The Morgan fingerprint density at radius 2 is 1.74 bits per heavy atom. The van der Waals surface area contributed by atoms with Gasteiger partial charge in [-0.1, -0.05) is 52.0 Å². The van der Waals surface area contributed by atoms with Gasteiger partial charge in [0.2, 0.25) is 0 Å². The van der Waals surface area contributed by atoms with Crippen LogP contribution in [-0.2, 0) is 0 Å². The Bertz CT molecular complexity index is 419. The van der Waals surface area contributed by atoms with E-state index in [-0.39, 0.29) is 0 Å². The predicted octanol–water partition coefficient (Wildman–Crippen LogP) is 4.10. The van der Waals surface area contributed by atoms with Crippen molar-refractivity contribution in [1.29, 1.82) is 0 Å². The molecule has 0 spiro atoms. The summed E-state index contributed by atoms with van der Waals surface area (Å²) in [6.07, 6.45) is 9.22. The second kappa shape index (κ2) is 5.14. The summed E-state index contributed by atoms with van der Waals surface area (Å²) in [7, 11) is 0. The highest BCUT2D eigenvalue weighted by molar-refractivity contribution is 6.63. The van der Waals surface area contributed by atoms with Crippen LogP contribution in [0.15, 0.2) is 22.4 Å². The summed E-state index contributed by atoms with van der Waals surface area (Å²) < 4.78 is 0. The smallest absolute Gasteiger partial charge is 0.270 e. The maximum atomic E-state index is 4.67. The molecule has 0 radical (unpaired) electrons. The zero-order valence-corrected chi connectivity index (χ0v) is 12.2. The fraction of sp³-hybridized carbons (Fsp3) is 0.733. The lowest BCUT2D eigenvalue weighted by molar-refractivity contribution is 0.418. The summed E-state index contributed by atoms with van der Waals surface area (Å²) in [5.41, 5.74) is 0. The van der Waals surface area contributed by atoms with Crippen molar-refractivity contribution in [2.75, 3.05) is 0 Å². The molecule has 3 aliphatic heterocycles. The van der Waals surface area contributed by atoms with Crippen LogP contribution in [0, 0.1) is 0 Å². The number of hydrogen-bond donors (Lipinski definition) is 0. The Morgan fingerprint density at radius 1 is 1.16 bits per heavy atom. The summed E-state index contributed by atoms with van der Waals surface area (Å²) >= 11 is 0. The average molecular weight is 257 g/mol. The van der Waals surface area contributed by atoms with Crippen molar-refractivity contribution in [2.24, 2.45) is 9.98 Å². The Hall–Kier alpha value is -1.06. The number of aliphatic imine (C=N–C) groups is 2. The third kappa shape index (κ3) is 2.26. The van der Waals surface area contributed by atoms with Gasteiger partial charge in [-0.2, -0.15) is 0 Å². The van der Waals surface area contributed by atoms with E-state index in [1.165, 1.54) is 38.5 Å². The quantitative estimate of drug-likeness (QED) is 0.684. The molecule has 0 aliphatic carbocycles. The van der Waals surface area contributed by atoms with Gasteiger partial charge >= 0.3 is 0 Å². The fourth-order valence-electron chi connectivity index (χ4n) is 4.26. The molecular formula is C15H24BN3. The second-order valence-corrected chi connectivity index (χ2v) is 6.20. The first-order valence-corrected chi connectivity index (χ1v) is 7.81. The van der Waals surface area contributed by atoms with Crippen LogP contribution in [0.3, 0.4) is 0 Å². The van der Waals surface area contributed by atoms with Gasteiger partial charge in [0.25, 0.3) is 6.85 Å². The van der Waals surface area contributed by atoms with E-state index in [1.807, 2.05) is 0 Å². The van der Waals surface area contributed by atoms with Crippen molar-refractivity contribution in [2.45, 2.75) is 70.4 Å². The summed E-state index contributed by atoms with van der Waals surface area (Å²) in [4.78, 5) is 11.6. The van der Waals surface area contributed by atoms with Crippen molar-refractivity contribution in [3.8, 4) is 0 Å². The molecule has 19 heavy (non-hydrogen) atoms. The minimum atomic E-state index is 0.612. The van der Waals surface area contributed by atoms with Gasteiger partial charge in [-0.25, -0.2) is 9.98 Å². The maximum Gasteiger partial charge on any atom is 0.270 e. The SMILES string of the molecule is C=C1N=C(CC)N=C(C)N1B1C2CCCC1CCC2. The molecule has 3 nitrogen and oxygen atoms in total. The number of nitrogens with zero attached hydrogens (tertiary/aromatic N) is 3. The van der Waals surface area contributed by atoms with E-state index in [2.05, 4.69) is 35.2 Å². The largest absolute Gasteiger partial charge is 0.360 e. The molecule has 2 saturated heterocycles. The molecule has 0 atom stereocenters. The van der Waals surface area contributed by atoms with Crippen LogP contribution >= 0.6 is 0 Å². The van der Waals surface area contributed by atoms with Crippen LogP contribution in [0.2, 0.25) is 11.6 Å². The van der Waals surface area contributed by atoms with Gasteiger partial charge in [-0.05, 0) is 18.6 Å². The fourth-order valence-corrected chi connectivity index (χ4v) is 4.26. The molecular weight excluding hydrogens is 233 g/mol. The highest BCUT2D eigenvalue weighted by Gasteiger charge is 2.45. The second-order valence-electron chi connectivity index (χ2n) is 6.20. The lowest BCUT2D eigenvalue weighted by Gasteiger charge is -2.46. The van der Waals surface area contributed by atoms with Gasteiger partial charge in [0.1, 0.15) is 11.7 Å². The standard InChI is InChI=1S/C15H24BN3/c1-4-15-17-11(2)19(12(3)18-15)16-13-7-5-8-14(16)10-6-9-13/h13-14H,2,4-10H2,1,3H3. The summed E-state index contributed by atoms with van der Waals surface area (Å²) in [6.45, 7) is 9.05. The van der Waals surface area contributed by atoms with E-state index < -0.39 is 0 Å². The van der Waals surface area contributed by atoms with Crippen LogP contribution in [-0.4, -0.2) is 23.3 Å². The zero-order chi connectivity index (χ0) is 13.4. The predicted molar refractivity (Wildman–Crippen MR) is 82.8 cm³/mol. The lowest BCUT2D eigenvalue weighted by atomic mass is 9.33. The van der Waals surface area contributed by atoms with Gasteiger partial charge in [0.15, 0.2) is 0 Å². The van der Waals surface area contributed by atoms with E-state index >= 15 is 0 Å². The molecule has 0 aromatic heterocycles. The third-order valence-corrected chi connectivity index (χ3v) is 5.06. The van der Waals surface area contributed by atoms with Crippen molar-refractivity contribution >= 4 is 18.5 Å². The molecule has 3 heterocycles. The summed E-state index contributed by atoms with van der Waals surface area (Å²) in [5.74, 6) is 4.62. The van der Waals surface area contributed by atoms with Crippen molar-refractivity contribution < 1.29 is 0 Å². The van der Waals surface area contributed by atoms with E-state index in [0.717, 1.165) is 35.5 Å². The molecule has 0 saturated carbocycles. The Morgan fingerprint density at radius 3 is 2.21 bits per heavy atom. The molecule has 0 amide bonds. The highest BCUT2D eigenvalue weighted by atomic mass is 15.3. The topological polar surface area (TPSA) is 28.0 Å². The monoisotopic (exact) mass is 257 g/mol. The number of fused-ring (bicyclic) bond motifs is 2. The molecule has 0 unspecified atom stereocenters. The molecule has 3 rings (SSSR count). The molecule has 4 heteroatoms. The van der Waals surface area contributed by atoms with Crippen LogP contribution in [0.4, 0.5) is 0 Å². The van der Waals surface area contributed by atoms with E-state index in [1.54, 1.807) is 0 Å². The number of hydrogen-bond acceptors (Lipinski definition) is 3. The summed E-state index contributed by atoms with van der Waals surface area (Å²) in [5, 5.41) is 0. The molecule has 0 N–H and O–H groups in total. The summed E-state index contributed by atoms with van der Waals surface area (Å²) in [6, 6.07) is 0. The first-order chi connectivity index (χ1) is 9.20. The first kappa shape index (κ1) is 13.0. The minimum Gasteiger partial charge on any atom is -0.360 e. The normalized spacial score (nSPS) is 31.2. The van der Waals surface area contributed by atoms with Gasteiger partial charge in [-0.15, -0.1) is 0 Å². The van der Waals surface area contributed by atoms with Gasteiger partial charge in [0, 0.05) is 6.42 Å². The Balaban J connectivity index is 1.88. The van der Waals surface area contributed by atoms with E-state index in [0.29, 0.717) is 6.85 Å². The highest BCUT2D eigenvalue weighted by Crippen LogP contribution is 2.48. The van der Waals surface area contributed by atoms with E-state index in [4.69, 9.17) is 0 Å². The van der Waals surface area contributed by atoms with Crippen molar-refractivity contribution in [1.82, 2.24) is 4.81 Å². The molecule has 2 fully saturated rings. The first-order valence-electron chi connectivity index (χ1n) is 7.81. The molecule has 0 aromatic carbocycles. The average Bonchev–Trinajstić information content (AvgIpc) is 2.37. The molecule has 102 valence electrons. The van der Waals surface area contributed by atoms with Crippen LogP contribution < -0.4 is 0 Å². The van der Waals surface area contributed by atoms with Crippen LogP contribution in [0.1, 0.15) is 58.8 Å². The van der Waals surface area contributed by atoms with Gasteiger partial charge in [0.05, 0.1) is 5.84 Å². The van der Waals surface area contributed by atoms with Crippen LogP contribution in [0.25, 0.3) is 0 Å². The third-order valence-electron chi connectivity index (χ3n) is 5.06. The minimum absolute atomic E-state index is 0.612. The van der Waals surface area contributed by atoms with Crippen LogP contribution in [0.5, 0.6) is 0 Å².